The van der Waals surface area contributed by atoms with E-state index in [2.05, 4.69) is 0 Å². The van der Waals surface area contributed by atoms with Crippen molar-refractivity contribution in [2.45, 2.75) is 6.18 Å². The second-order valence-corrected chi connectivity index (χ2v) is 1.36. The van der Waals surface area contributed by atoms with Gasteiger partial charge in [0.1, 0.15) is 0 Å². The van der Waals surface area contributed by atoms with Gasteiger partial charge in [0.2, 0.25) is 0 Å². The number of rotatable bonds is 0. The van der Waals surface area contributed by atoms with Crippen LogP contribution in [0.2, 0.25) is 0 Å². The molecule has 72 valence electrons. The van der Waals surface area contributed by atoms with E-state index >= 15 is 0 Å². The van der Waals surface area contributed by atoms with Crippen LogP contribution in [0.3, 0.4) is 0 Å². The molecule has 0 saturated carbocycles. The Kier molecular flexibility index (Phi) is 5.71. The van der Waals surface area contributed by atoms with Gasteiger partial charge in [0.15, 0.2) is 0 Å². The summed E-state index contributed by atoms with van der Waals surface area (Å²) in [6.07, 6.45) is -6.08. The quantitative estimate of drug-likeness (QED) is 0.518. The topological polar surface area (TPSA) is 86.6 Å². The van der Waals surface area contributed by atoms with Gasteiger partial charge in [-0.15, -0.1) is 0 Å². The third-order valence-corrected chi connectivity index (χ3v) is 0.456. The van der Waals surface area contributed by atoms with Crippen LogP contribution in [0.4, 0.5) is 18.0 Å². The first-order chi connectivity index (χ1) is 5.21. The molecule has 0 radical (unpaired) electrons. The fourth-order valence-electron chi connectivity index (χ4n) is 0. The van der Waals surface area contributed by atoms with Gasteiger partial charge >= 0.3 is 18.2 Å². The SMILES string of the molecule is CNC(=O)O.O=C(O)C(F)(F)F. The van der Waals surface area contributed by atoms with Crippen molar-refractivity contribution in [3.63, 3.8) is 0 Å². The standard InChI is InChI=1S/C2HF3O2.C2H5NO2/c3-2(4,5)1(6)7;1-3-2(4)5/h(H,6,7);3H,1H3,(H,4,5). The molecule has 0 spiro atoms. The highest BCUT2D eigenvalue weighted by Gasteiger charge is 2.38. The highest BCUT2D eigenvalue weighted by Crippen LogP contribution is 2.13. The molecule has 0 aromatic heterocycles. The maximum Gasteiger partial charge on any atom is 0.490 e. The van der Waals surface area contributed by atoms with Crippen LogP contribution in [0.15, 0.2) is 0 Å². The molecule has 0 aliphatic heterocycles. The van der Waals surface area contributed by atoms with Crippen LogP contribution in [-0.4, -0.2) is 35.5 Å². The minimum absolute atomic E-state index is 0.995. The van der Waals surface area contributed by atoms with Gasteiger partial charge < -0.3 is 15.5 Å². The highest BCUT2D eigenvalue weighted by molar-refractivity contribution is 5.73. The summed E-state index contributed by atoms with van der Waals surface area (Å²) < 4.78 is 31.7. The average Bonchev–Trinajstić information content (AvgIpc) is 1.87. The smallest absolute Gasteiger partial charge is 0.475 e. The Morgan fingerprint density at radius 3 is 1.42 bits per heavy atom. The normalized spacial score (nSPS) is 9.33. The molecule has 0 aliphatic rings. The van der Waals surface area contributed by atoms with Crippen LogP contribution >= 0.6 is 0 Å². The molecule has 0 atom stereocenters. The largest absolute Gasteiger partial charge is 0.490 e. The van der Waals surface area contributed by atoms with E-state index in [-0.39, 0.29) is 0 Å². The third-order valence-electron chi connectivity index (χ3n) is 0.456. The molecule has 0 aromatic carbocycles. The molecule has 1 amide bonds. The lowest BCUT2D eigenvalue weighted by Gasteiger charge is -1.93. The maximum absolute atomic E-state index is 10.6. The van der Waals surface area contributed by atoms with Crippen LogP contribution in [0.25, 0.3) is 0 Å². The first-order valence-corrected chi connectivity index (χ1v) is 2.42. The molecule has 0 aromatic rings. The Bertz CT molecular complexity index is 166. The van der Waals surface area contributed by atoms with Crippen molar-refractivity contribution >= 4 is 12.1 Å². The number of carboxylic acids is 1. The second-order valence-electron chi connectivity index (χ2n) is 1.36. The van der Waals surface area contributed by atoms with Gasteiger partial charge in [-0.2, -0.15) is 13.2 Å². The predicted molar refractivity (Wildman–Crippen MR) is 30.8 cm³/mol. The van der Waals surface area contributed by atoms with Crippen LogP contribution in [0.5, 0.6) is 0 Å². The molecule has 0 aliphatic carbocycles. The van der Waals surface area contributed by atoms with Gasteiger partial charge in [-0.1, -0.05) is 0 Å². The van der Waals surface area contributed by atoms with E-state index in [4.69, 9.17) is 15.0 Å². The van der Waals surface area contributed by atoms with Gasteiger partial charge in [-0.3, -0.25) is 0 Å². The first-order valence-electron chi connectivity index (χ1n) is 2.42. The zero-order chi connectivity index (χ0) is 10.4. The molecule has 0 rings (SSSR count). The van der Waals surface area contributed by atoms with E-state index in [0.29, 0.717) is 0 Å². The van der Waals surface area contributed by atoms with E-state index < -0.39 is 18.2 Å². The fourth-order valence-corrected chi connectivity index (χ4v) is 0. The molecular weight excluding hydrogens is 183 g/mol. The molecule has 12 heavy (non-hydrogen) atoms. The lowest BCUT2D eigenvalue weighted by atomic mass is 10.7. The zero-order valence-electron chi connectivity index (χ0n) is 5.84. The van der Waals surface area contributed by atoms with Crippen LogP contribution < -0.4 is 5.32 Å². The Balaban J connectivity index is 0. The number of carboxylic acid groups (broad SMARTS) is 2. The summed E-state index contributed by atoms with van der Waals surface area (Å²) in [5, 5.41) is 16.7. The van der Waals surface area contributed by atoms with E-state index in [0.717, 1.165) is 0 Å². The number of halogens is 3. The monoisotopic (exact) mass is 189 g/mol. The average molecular weight is 189 g/mol. The van der Waals surface area contributed by atoms with Gasteiger partial charge in [0.05, 0.1) is 0 Å². The van der Waals surface area contributed by atoms with Crippen LogP contribution in [0.1, 0.15) is 0 Å². The minimum Gasteiger partial charge on any atom is -0.475 e. The van der Waals surface area contributed by atoms with Crippen molar-refractivity contribution in [1.82, 2.24) is 5.32 Å². The number of aliphatic carboxylic acids is 1. The van der Waals surface area contributed by atoms with E-state index in [1.165, 1.54) is 7.05 Å². The fraction of sp³-hybridized carbons (Fsp3) is 0.500. The summed E-state index contributed by atoms with van der Waals surface area (Å²) in [5.41, 5.74) is 0. The van der Waals surface area contributed by atoms with Crippen molar-refractivity contribution in [3.8, 4) is 0 Å². The molecule has 3 N–H and O–H groups in total. The van der Waals surface area contributed by atoms with Crippen molar-refractivity contribution in [3.05, 3.63) is 0 Å². The van der Waals surface area contributed by atoms with Crippen molar-refractivity contribution in [2.24, 2.45) is 0 Å². The van der Waals surface area contributed by atoms with Crippen LogP contribution in [-0.2, 0) is 4.79 Å². The summed E-state index contributed by atoms with van der Waals surface area (Å²) in [6, 6.07) is 0. The van der Waals surface area contributed by atoms with E-state index in [1.54, 1.807) is 0 Å². The third kappa shape index (κ3) is 11.3. The van der Waals surface area contributed by atoms with Crippen LogP contribution in [0, 0.1) is 0 Å². The summed E-state index contributed by atoms with van der Waals surface area (Å²) in [4.78, 5) is 18.2. The highest BCUT2D eigenvalue weighted by atomic mass is 19.4. The number of amides is 1. The predicted octanol–water partition coefficient (Wildman–Crippen LogP) is 0.517. The lowest BCUT2D eigenvalue weighted by Crippen LogP contribution is -2.21. The molecule has 0 heterocycles. The Morgan fingerprint density at radius 2 is 1.42 bits per heavy atom. The van der Waals surface area contributed by atoms with E-state index in [9.17, 15) is 18.0 Å². The molecule has 0 fully saturated rings. The summed E-state index contributed by atoms with van der Waals surface area (Å²) in [5.74, 6) is -2.76. The van der Waals surface area contributed by atoms with Gasteiger partial charge in [-0.05, 0) is 0 Å². The maximum atomic E-state index is 10.6. The summed E-state index contributed by atoms with van der Waals surface area (Å²) in [6.45, 7) is 0. The Morgan fingerprint density at radius 1 is 1.25 bits per heavy atom. The number of carbonyl (C=O) groups is 2. The van der Waals surface area contributed by atoms with E-state index in [1.807, 2.05) is 5.32 Å². The summed E-state index contributed by atoms with van der Waals surface area (Å²) in [7, 11) is 1.35. The van der Waals surface area contributed by atoms with Crippen molar-refractivity contribution in [1.29, 1.82) is 0 Å². The summed E-state index contributed by atoms with van der Waals surface area (Å²) >= 11 is 0. The molecule has 0 unspecified atom stereocenters. The number of nitrogens with one attached hydrogen (secondary N) is 1. The molecule has 8 heteroatoms. The van der Waals surface area contributed by atoms with Gasteiger partial charge in [0, 0.05) is 7.05 Å². The Hall–Kier alpha value is -1.47. The number of alkyl halides is 3. The van der Waals surface area contributed by atoms with Crippen molar-refractivity contribution in [2.75, 3.05) is 7.05 Å². The number of hydrogen-bond acceptors (Lipinski definition) is 2. The Labute approximate surface area is 64.8 Å². The zero-order valence-corrected chi connectivity index (χ0v) is 5.84. The number of hydrogen-bond donors (Lipinski definition) is 3. The first kappa shape index (κ1) is 13.1. The molecule has 5 nitrogen and oxygen atoms in total. The van der Waals surface area contributed by atoms with Crippen molar-refractivity contribution < 1.29 is 33.0 Å². The minimum atomic E-state index is -5.08. The lowest BCUT2D eigenvalue weighted by molar-refractivity contribution is -0.192. The molecular formula is C4H6F3NO4. The molecule has 0 saturated heterocycles. The molecule has 0 bridgehead atoms. The van der Waals surface area contributed by atoms with Gasteiger partial charge in [0.25, 0.3) is 0 Å². The second kappa shape index (κ2) is 5.22. The van der Waals surface area contributed by atoms with Gasteiger partial charge in [-0.25, -0.2) is 9.59 Å².